The van der Waals surface area contributed by atoms with Crippen molar-refractivity contribution in [3.05, 3.63) is 45.4 Å². The number of nitrogens with one attached hydrogen (secondary N) is 2. The van der Waals surface area contributed by atoms with Gasteiger partial charge in [-0.15, -0.1) is 0 Å². The van der Waals surface area contributed by atoms with Gasteiger partial charge in [-0.25, -0.2) is 9.78 Å². The fourth-order valence-electron chi connectivity index (χ4n) is 2.83. The maximum atomic E-state index is 12.7. The molecule has 0 aliphatic carbocycles. The molecule has 0 unspecified atom stereocenters. The summed E-state index contributed by atoms with van der Waals surface area (Å²) in [5, 5.41) is 10.6. The van der Waals surface area contributed by atoms with E-state index in [-0.39, 0.29) is 23.9 Å². The van der Waals surface area contributed by atoms with Gasteiger partial charge in [0.05, 0.1) is 18.0 Å². The smallest absolute Gasteiger partial charge is 0.358 e. The Morgan fingerprint density at radius 3 is 2.89 bits per heavy atom. The second-order valence-corrected chi connectivity index (χ2v) is 5.82. The molecule has 0 spiro atoms. The fraction of sp³-hybridized carbons (Fsp3) is 0.235. The summed E-state index contributed by atoms with van der Waals surface area (Å²) >= 11 is 0. The van der Waals surface area contributed by atoms with Crippen LogP contribution in [0.5, 0.6) is 0 Å². The van der Waals surface area contributed by atoms with Crippen LogP contribution in [-0.4, -0.2) is 48.1 Å². The van der Waals surface area contributed by atoms with Gasteiger partial charge < -0.3 is 15.8 Å². The average Bonchev–Trinajstić information content (AvgIpc) is 2.65. The van der Waals surface area contributed by atoms with Crippen molar-refractivity contribution >= 4 is 36.8 Å². The monoisotopic (exact) mass is 365 g/mol. The van der Waals surface area contributed by atoms with Crippen LogP contribution in [0.1, 0.15) is 28.5 Å². The van der Waals surface area contributed by atoms with Gasteiger partial charge in [0.2, 0.25) is 0 Å². The van der Waals surface area contributed by atoms with E-state index < -0.39 is 22.9 Å². The van der Waals surface area contributed by atoms with Crippen LogP contribution in [0.4, 0.5) is 5.69 Å². The van der Waals surface area contributed by atoms with Crippen LogP contribution in [0.3, 0.4) is 0 Å². The van der Waals surface area contributed by atoms with Crippen molar-refractivity contribution in [1.82, 2.24) is 14.9 Å². The van der Waals surface area contributed by atoms with Gasteiger partial charge in [-0.2, -0.15) is 0 Å². The second kappa shape index (κ2) is 7.06. The third kappa shape index (κ3) is 3.21. The number of fused-ring (bicyclic) bond motifs is 1. The molecule has 0 bridgehead atoms. The van der Waals surface area contributed by atoms with Crippen LogP contribution < -0.4 is 22.3 Å². The zero-order valence-corrected chi connectivity index (χ0v) is 14.5. The molecule has 1 aliphatic rings. The van der Waals surface area contributed by atoms with E-state index >= 15 is 0 Å². The number of benzene rings is 1. The summed E-state index contributed by atoms with van der Waals surface area (Å²) in [6.45, 7) is 2.19. The summed E-state index contributed by atoms with van der Waals surface area (Å²) in [6.07, 6.45) is 0.682. The number of nitrogens with zero attached hydrogens (tertiary/aromatic N) is 2. The lowest BCUT2D eigenvalue weighted by Crippen LogP contribution is -2.39. The first-order chi connectivity index (χ1) is 12.8. The molecular weight excluding hydrogens is 349 g/mol. The minimum absolute atomic E-state index is 0.0604. The van der Waals surface area contributed by atoms with Crippen LogP contribution in [0.2, 0.25) is 0 Å². The van der Waals surface area contributed by atoms with Gasteiger partial charge in [0.15, 0.2) is 13.6 Å². The lowest BCUT2D eigenvalue weighted by Gasteiger charge is -2.19. The predicted octanol–water partition coefficient (Wildman–Crippen LogP) is -1.17. The van der Waals surface area contributed by atoms with E-state index in [4.69, 9.17) is 23.7 Å². The molecule has 3 rings (SSSR count). The standard InChI is InChI=1S/C17H16BN5O4/c1-2-27-16(26)12(20)13-11(19)15(25)23(17(18)22-13)9-4-3-8-5-6-21-14(24)10(8)7-9/h3-4,7,20H,2,5-6,19H2,1H3,(H,21,24). The largest absolute Gasteiger partial charge is 0.461 e. The minimum atomic E-state index is -0.960. The molecule has 1 aromatic carbocycles. The zero-order valence-electron chi connectivity index (χ0n) is 14.5. The van der Waals surface area contributed by atoms with Crippen LogP contribution in [0.15, 0.2) is 23.0 Å². The first-order valence-electron chi connectivity index (χ1n) is 8.20. The molecule has 2 heterocycles. The lowest BCUT2D eigenvalue weighted by atomic mass is 9.99. The molecular formula is C17H16BN5O4. The van der Waals surface area contributed by atoms with E-state index in [1.54, 1.807) is 19.1 Å². The number of carbonyl (C=O) groups is 2. The van der Waals surface area contributed by atoms with Crippen molar-refractivity contribution < 1.29 is 14.3 Å². The number of nitrogens with two attached hydrogens (primary N) is 1. The summed E-state index contributed by atoms with van der Waals surface area (Å²) in [4.78, 5) is 40.4. The third-order valence-electron chi connectivity index (χ3n) is 4.14. The van der Waals surface area contributed by atoms with Crippen molar-refractivity contribution in [1.29, 1.82) is 5.41 Å². The Hall–Kier alpha value is -3.43. The van der Waals surface area contributed by atoms with Crippen molar-refractivity contribution in [3.8, 4) is 5.69 Å². The number of amides is 1. The maximum absolute atomic E-state index is 12.7. The SMILES string of the molecule is [B]c1nc(C(=N)C(=O)OCC)c(N)c(=O)n1-c1ccc2c(c1)C(=O)NCC2. The van der Waals surface area contributed by atoms with Gasteiger partial charge in [0.25, 0.3) is 11.5 Å². The Morgan fingerprint density at radius 2 is 2.19 bits per heavy atom. The van der Waals surface area contributed by atoms with Crippen LogP contribution in [0.25, 0.3) is 5.69 Å². The van der Waals surface area contributed by atoms with Crippen molar-refractivity contribution in [2.24, 2.45) is 0 Å². The van der Waals surface area contributed by atoms with Gasteiger partial charge in [0.1, 0.15) is 11.4 Å². The first-order valence-corrected chi connectivity index (χ1v) is 8.20. The van der Waals surface area contributed by atoms with Crippen LogP contribution in [0, 0.1) is 5.41 Å². The lowest BCUT2D eigenvalue weighted by molar-refractivity contribution is -0.135. The number of aromatic nitrogens is 2. The van der Waals surface area contributed by atoms with Crippen LogP contribution in [-0.2, 0) is 16.0 Å². The number of esters is 1. The van der Waals surface area contributed by atoms with Gasteiger partial charge in [0, 0.05) is 12.1 Å². The number of hydrogen-bond donors (Lipinski definition) is 3. The number of nitrogen functional groups attached to an aromatic ring is 1. The van der Waals surface area contributed by atoms with Gasteiger partial charge in [-0.3, -0.25) is 19.6 Å². The molecule has 2 radical (unpaired) electrons. The highest BCUT2D eigenvalue weighted by molar-refractivity contribution is 6.43. The summed E-state index contributed by atoms with van der Waals surface area (Å²) < 4.78 is 5.76. The van der Waals surface area contributed by atoms with E-state index in [1.807, 2.05) is 0 Å². The average molecular weight is 365 g/mol. The summed E-state index contributed by atoms with van der Waals surface area (Å²) in [7, 11) is 5.89. The Kier molecular flexibility index (Phi) is 4.80. The minimum Gasteiger partial charge on any atom is -0.461 e. The molecule has 1 aromatic heterocycles. The highest BCUT2D eigenvalue weighted by atomic mass is 16.5. The van der Waals surface area contributed by atoms with Crippen molar-refractivity contribution in [2.45, 2.75) is 13.3 Å². The molecule has 2 aromatic rings. The van der Waals surface area contributed by atoms with Crippen LogP contribution >= 0.6 is 0 Å². The summed E-state index contributed by atoms with van der Waals surface area (Å²) in [5.74, 6) is -1.20. The summed E-state index contributed by atoms with van der Waals surface area (Å²) in [6, 6.07) is 4.89. The number of rotatable bonds is 4. The maximum Gasteiger partial charge on any atom is 0.358 e. The Labute approximate surface area is 155 Å². The number of carbonyl (C=O) groups excluding carboxylic acids is 2. The molecule has 4 N–H and O–H groups in total. The molecule has 27 heavy (non-hydrogen) atoms. The Balaban J connectivity index is 2.11. The normalized spacial score (nSPS) is 12.9. The number of ether oxygens (including phenoxy) is 1. The van der Waals surface area contributed by atoms with E-state index in [9.17, 15) is 14.4 Å². The first kappa shape index (κ1) is 18.4. The number of anilines is 1. The number of hydrogen-bond acceptors (Lipinski definition) is 7. The predicted molar refractivity (Wildman–Crippen MR) is 99.1 cm³/mol. The highest BCUT2D eigenvalue weighted by Crippen LogP contribution is 2.18. The van der Waals surface area contributed by atoms with E-state index in [0.717, 1.165) is 10.1 Å². The molecule has 10 heteroatoms. The molecule has 0 saturated heterocycles. The quantitative estimate of drug-likeness (QED) is 0.354. The van der Waals surface area contributed by atoms with Crippen molar-refractivity contribution in [2.75, 3.05) is 18.9 Å². The van der Waals surface area contributed by atoms with Gasteiger partial charge in [-0.1, -0.05) is 6.07 Å². The van der Waals surface area contributed by atoms with Crippen molar-refractivity contribution in [3.63, 3.8) is 0 Å². The van der Waals surface area contributed by atoms with E-state index in [2.05, 4.69) is 10.3 Å². The van der Waals surface area contributed by atoms with E-state index in [1.165, 1.54) is 6.07 Å². The topological polar surface area (TPSA) is 140 Å². The molecule has 0 fully saturated rings. The zero-order chi connectivity index (χ0) is 19.7. The second-order valence-electron chi connectivity index (χ2n) is 5.82. The molecule has 0 atom stereocenters. The molecule has 9 nitrogen and oxygen atoms in total. The molecule has 1 aliphatic heterocycles. The third-order valence-corrected chi connectivity index (χ3v) is 4.14. The molecule has 136 valence electrons. The fourth-order valence-corrected chi connectivity index (χ4v) is 2.83. The van der Waals surface area contributed by atoms with Gasteiger partial charge >= 0.3 is 5.97 Å². The highest BCUT2D eigenvalue weighted by Gasteiger charge is 2.23. The Morgan fingerprint density at radius 1 is 1.44 bits per heavy atom. The molecule has 0 saturated carbocycles. The van der Waals surface area contributed by atoms with Gasteiger partial charge in [-0.05, 0) is 31.0 Å². The summed E-state index contributed by atoms with van der Waals surface area (Å²) in [5.41, 5.74) is 4.98. The van der Waals surface area contributed by atoms with E-state index in [0.29, 0.717) is 24.2 Å². The Bertz CT molecular complexity index is 1030. The molecule has 1 amide bonds.